The van der Waals surface area contributed by atoms with Crippen LogP contribution in [-0.4, -0.2) is 33.6 Å². The van der Waals surface area contributed by atoms with Crippen LogP contribution in [0.3, 0.4) is 0 Å². The van der Waals surface area contributed by atoms with Gasteiger partial charge in [0, 0.05) is 10.0 Å². The number of methoxy groups -OCH3 is 2. The Labute approximate surface area is 116 Å². The number of ether oxygens (including phenoxy) is 2. The molecule has 1 N–H and O–H groups in total. The summed E-state index contributed by atoms with van der Waals surface area (Å²) in [5.41, 5.74) is 2.35. The van der Waals surface area contributed by atoms with E-state index in [0.717, 1.165) is 15.6 Å². The van der Waals surface area contributed by atoms with Gasteiger partial charge in [0.15, 0.2) is 17.3 Å². The van der Waals surface area contributed by atoms with Gasteiger partial charge in [0.25, 0.3) is 0 Å². The third-order valence-corrected chi connectivity index (χ3v) is 4.02. The van der Waals surface area contributed by atoms with Crippen LogP contribution in [0.25, 0.3) is 0 Å². The van der Waals surface area contributed by atoms with Crippen molar-refractivity contribution in [2.75, 3.05) is 27.8 Å². The first-order chi connectivity index (χ1) is 8.49. The molecule has 1 rings (SSSR count). The SMILES string of the molecule is CNCC(=O)c1c(C)c(Br)c(C)c(OC)c1OC. The third kappa shape index (κ3) is 2.52. The predicted octanol–water partition coefficient (Wildman–Crippen LogP) is 2.49. The molecule has 0 saturated heterocycles. The smallest absolute Gasteiger partial charge is 0.180 e. The Morgan fingerprint density at radius 2 is 1.72 bits per heavy atom. The molecule has 5 heteroatoms. The van der Waals surface area contributed by atoms with Crippen LogP contribution in [0.1, 0.15) is 21.5 Å². The molecule has 0 amide bonds. The average molecular weight is 316 g/mol. The molecule has 0 bridgehead atoms. The fourth-order valence-corrected chi connectivity index (χ4v) is 2.35. The van der Waals surface area contributed by atoms with Gasteiger partial charge in [-0.2, -0.15) is 0 Å². The maximum atomic E-state index is 12.2. The number of ketones is 1. The molecule has 0 radical (unpaired) electrons. The van der Waals surface area contributed by atoms with Crippen molar-refractivity contribution in [3.8, 4) is 11.5 Å². The summed E-state index contributed by atoms with van der Waals surface area (Å²) in [4.78, 5) is 12.2. The molecule has 18 heavy (non-hydrogen) atoms. The highest BCUT2D eigenvalue weighted by molar-refractivity contribution is 9.10. The molecule has 0 aliphatic rings. The van der Waals surface area contributed by atoms with Crippen molar-refractivity contribution in [3.63, 3.8) is 0 Å². The number of halogens is 1. The molecule has 100 valence electrons. The number of rotatable bonds is 5. The van der Waals surface area contributed by atoms with Crippen LogP contribution in [0.2, 0.25) is 0 Å². The molecule has 0 aliphatic carbocycles. The first-order valence-corrected chi connectivity index (χ1v) is 6.37. The Hall–Kier alpha value is -1.07. The number of benzene rings is 1. The van der Waals surface area contributed by atoms with Crippen molar-refractivity contribution < 1.29 is 14.3 Å². The molecule has 1 aromatic carbocycles. The lowest BCUT2D eigenvalue weighted by Crippen LogP contribution is -2.20. The van der Waals surface area contributed by atoms with E-state index in [1.54, 1.807) is 21.3 Å². The molecule has 1 aromatic rings. The van der Waals surface area contributed by atoms with Crippen LogP contribution < -0.4 is 14.8 Å². The lowest BCUT2D eigenvalue weighted by atomic mass is 9.99. The van der Waals surface area contributed by atoms with Crippen molar-refractivity contribution >= 4 is 21.7 Å². The van der Waals surface area contributed by atoms with E-state index in [9.17, 15) is 4.79 Å². The van der Waals surface area contributed by atoms with E-state index >= 15 is 0 Å². The molecule has 0 aromatic heterocycles. The first-order valence-electron chi connectivity index (χ1n) is 5.57. The zero-order valence-electron chi connectivity index (χ0n) is 11.3. The number of carbonyl (C=O) groups is 1. The van der Waals surface area contributed by atoms with Crippen LogP contribution in [-0.2, 0) is 0 Å². The van der Waals surface area contributed by atoms with Crippen molar-refractivity contribution in [1.82, 2.24) is 5.32 Å². The van der Waals surface area contributed by atoms with E-state index in [1.165, 1.54) is 0 Å². The van der Waals surface area contributed by atoms with Crippen molar-refractivity contribution in [1.29, 1.82) is 0 Å². The molecule has 4 nitrogen and oxygen atoms in total. The summed E-state index contributed by atoms with van der Waals surface area (Å²) in [5, 5.41) is 2.85. The molecule has 0 saturated carbocycles. The van der Waals surface area contributed by atoms with Gasteiger partial charge in [0.2, 0.25) is 0 Å². The maximum Gasteiger partial charge on any atom is 0.180 e. The topological polar surface area (TPSA) is 47.6 Å². The van der Waals surface area contributed by atoms with Gasteiger partial charge in [-0.15, -0.1) is 0 Å². The Bertz CT molecular complexity index is 472. The molecule has 0 spiro atoms. The number of hydrogen-bond donors (Lipinski definition) is 1. The van der Waals surface area contributed by atoms with Crippen LogP contribution in [0, 0.1) is 13.8 Å². The van der Waals surface area contributed by atoms with Crippen LogP contribution in [0.4, 0.5) is 0 Å². The van der Waals surface area contributed by atoms with Crippen molar-refractivity contribution in [2.24, 2.45) is 0 Å². The van der Waals surface area contributed by atoms with Crippen molar-refractivity contribution in [3.05, 3.63) is 21.2 Å². The summed E-state index contributed by atoms with van der Waals surface area (Å²) in [7, 11) is 4.85. The van der Waals surface area contributed by atoms with Gasteiger partial charge in [0.1, 0.15) is 0 Å². The van der Waals surface area contributed by atoms with Crippen LogP contribution in [0.5, 0.6) is 11.5 Å². The molecule has 0 atom stereocenters. The number of likely N-dealkylation sites (N-methyl/N-ethyl adjacent to an activating group) is 1. The quantitative estimate of drug-likeness (QED) is 0.848. The van der Waals surface area contributed by atoms with E-state index in [2.05, 4.69) is 21.2 Å². The summed E-state index contributed by atoms with van der Waals surface area (Å²) in [5.74, 6) is 1.07. The minimum absolute atomic E-state index is 0.0224. The van der Waals surface area contributed by atoms with Gasteiger partial charge in [-0.25, -0.2) is 0 Å². The largest absolute Gasteiger partial charge is 0.493 e. The van der Waals surface area contributed by atoms with Gasteiger partial charge in [-0.3, -0.25) is 4.79 Å². The summed E-state index contributed by atoms with van der Waals surface area (Å²) >= 11 is 3.50. The molecule has 0 aliphatic heterocycles. The highest BCUT2D eigenvalue weighted by Crippen LogP contribution is 2.41. The molecule has 0 heterocycles. The highest BCUT2D eigenvalue weighted by Gasteiger charge is 2.24. The van der Waals surface area contributed by atoms with E-state index < -0.39 is 0 Å². The summed E-state index contributed by atoms with van der Waals surface area (Å²) in [6.07, 6.45) is 0. The van der Waals surface area contributed by atoms with Crippen LogP contribution in [0.15, 0.2) is 4.47 Å². The monoisotopic (exact) mass is 315 g/mol. The number of Topliss-reactive ketones (excluding diaryl/α,β-unsaturated/α-hetero) is 1. The first kappa shape index (κ1) is 15.0. The Morgan fingerprint density at radius 3 is 2.17 bits per heavy atom. The molecular formula is C13H18BrNO3. The van der Waals surface area contributed by atoms with Crippen LogP contribution >= 0.6 is 15.9 Å². The van der Waals surface area contributed by atoms with Crippen molar-refractivity contribution in [2.45, 2.75) is 13.8 Å². The summed E-state index contributed by atoms with van der Waals surface area (Å²) in [6.45, 7) is 4.07. The summed E-state index contributed by atoms with van der Waals surface area (Å²) in [6, 6.07) is 0. The lowest BCUT2D eigenvalue weighted by Gasteiger charge is -2.18. The second-order valence-electron chi connectivity index (χ2n) is 3.96. The molecule has 0 fully saturated rings. The Morgan fingerprint density at radius 1 is 1.17 bits per heavy atom. The minimum Gasteiger partial charge on any atom is -0.493 e. The number of nitrogens with one attached hydrogen (secondary N) is 1. The van der Waals surface area contributed by atoms with E-state index in [0.29, 0.717) is 17.1 Å². The Kier molecular flexibility index (Phi) is 5.16. The van der Waals surface area contributed by atoms with Gasteiger partial charge in [-0.05, 0) is 26.5 Å². The molecule has 0 unspecified atom stereocenters. The van der Waals surface area contributed by atoms with Gasteiger partial charge < -0.3 is 14.8 Å². The standard InChI is InChI=1S/C13H18BrNO3/c1-7-10(9(16)6-15-3)13(18-5)12(17-4)8(2)11(7)14/h15H,6H2,1-5H3. The minimum atomic E-state index is -0.0224. The predicted molar refractivity (Wildman–Crippen MR) is 75.0 cm³/mol. The second-order valence-corrected chi connectivity index (χ2v) is 4.75. The second kappa shape index (κ2) is 6.20. The number of hydrogen-bond acceptors (Lipinski definition) is 4. The van der Waals surface area contributed by atoms with E-state index in [-0.39, 0.29) is 12.3 Å². The van der Waals surface area contributed by atoms with E-state index in [1.807, 2.05) is 13.8 Å². The lowest BCUT2D eigenvalue weighted by molar-refractivity contribution is 0.0989. The number of carbonyl (C=O) groups excluding carboxylic acids is 1. The van der Waals surface area contributed by atoms with Gasteiger partial charge >= 0.3 is 0 Å². The van der Waals surface area contributed by atoms with Gasteiger partial charge in [0.05, 0.1) is 26.3 Å². The van der Waals surface area contributed by atoms with E-state index in [4.69, 9.17) is 9.47 Å². The zero-order chi connectivity index (χ0) is 13.9. The summed E-state index contributed by atoms with van der Waals surface area (Å²) < 4.78 is 11.6. The maximum absolute atomic E-state index is 12.2. The Balaban J connectivity index is 3.57. The zero-order valence-corrected chi connectivity index (χ0v) is 12.9. The van der Waals surface area contributed by atoms with Gasteiger partial charge in [-0.1, -0.05) is 15.9 Å². The fourth-order valence-electron chi connectivity index (χ4n) is 1.97. The highest BCUT2D eigenvalue weighted by atomic mass is 79.9. The normalized spacial score (nSPS) is 10.3. The molecular weight excluding hydrogens is 298 g/mol. The third-order valence-electron chi connectivity index (χ3n) is 2.83. The average Bonchev–Trinajstić information content (AvgIpc) is 2.35. The fraction of sp³-hybridized carbons (Fsp3) is 0.462.